The molecule has 1 saturated carbocycles. The first-order valence-corrected chi connectivity index (χ1v) is 14.5. The Morgan fingerprint density at radius 1 is 1.15 bits per heavy atom. The van der Waals surface area contributed by atoms with E-state index in [1.165, 1.54) is 11.9 Å². The molecular weight excluding hydrogens is 524 g/mol. The van der Waals surface area contributed by atoms with Crippen LogP contribution in [0.3, 0.4) is 0 Å². The van der Waals surface area contributed by atoms with Gasteiger partial charge in [-0.2, -0.15) is 0 Å². The number of rotatable bonds is 6. The zero-order chi connectivity index (χ0) is 28.5. The van der Waals surface area contributed by atoms with Gasteiger partial charge in [0.25, 0.3) is 0 Å². The monoisotopic (exact) mass is 562 g/mol. The van der Waals surface area contributed by atoms with Crippen molar-refractivity contribution in [3.8, 4) is 0 Å². The second-order valence-electron chi connectivity index (χ2n) is 12.8. The van der Waals surface area contributed by atoms with Gasteiger partial charge in [-0.3, -0.25) is 20.2 Å². The number of aromatic amines is 1. The number of nitrogens with one attached hydrogen (secondary N) is 2. The quantitative estimate of drug-likeness (QED) is 0.257. The van der Waals surface area contributed by atoms with Crippen LogP contribution >= 0.6 is 0 Å². The maximum absolute atomic E-state index is 11.1. The van der Waals surface area contributed by atoms with Gasteiger partial charge < -0.3 is 19.6 Å². The van der Waals surface area contributed by atoms with E-state index in [1.807, 2.05) is 5.48 Å². The molecule has 1 aliphatic carbocycles. The summed E-state index contributed by atoms with van der Waals surface area (Å²) in [5, 5.41) is 20.5. The van der Waals surface area contributed by atoms with E-state index < -0.39 is 18.4 Å². The lowest BCUT2D eigenvalue weighted by Gasteiger charge is -2.49. The van der Waals surface area contributed by atoms with Crippen LogP contribution in [0.15, 0.2) is 30.9 Å². The minimum absolute atomic E-state index is 0.108. The Balaban J connectivity index is 0.961. The molecule has 12 heteroatoms. The molecular formula is C29H38N8O4. The lowest BCUT2D eigenvalue weighted by atomic mass is 9.76. The highest BCUT2D eigenvalue weighted by molar-refractivity contribution is 5.82. The molecule has 41 heavy (non-hydrogen) atoms. The number of ether oxygens (including phenoxy) is 2. The van der Waals surface area contributed by atoms with Crippen molar-refractivity contribution in [2.24, 2.45) is 5.92 Å². The third-order valence-corrected chi connectivity index (χ3v) is 9.13. The molecule has 0 spiro atoms. The number of fused-ring (bicyclic) bond motifs is 3. The highest BCUT2D eigenvalue weighted by atomic mass is 16.6. The molecule has 0 amide bonds. The molecule has 218 valence electrons. The van der Waals surface area contributed by atoms with E-state index in [-0.39, 0.29) is 23.6 Å². The van der Waals surface area contributed by atoms with Crippen molar-refractivity contribution in [3.63, 3.8) is 0 Å². The molecule has 2 saturated heterocycles. The third kappa shape index (κ3) is 4.67. The van der Waals surface area contributed by atoms with Crippen molar-refractivity contribution in [3.05, 3.63) is 42.2 Å². The average molecular weight is 563 g/mol. The van der Waals surface area contributed by atoms with Crippen LogP contribution in [0.2, 0.25) is 0 Å². The molecule has 0 bridgehead atoms. The van der Waals surface area contributed by atoms with Crippen LogP contribution in [0.4, 0.5) is 5.82 Å². The Kier molecular flexibility index (Phi) is 6.51. The number of anilines is 1. The molecule has 1 aromatic carbocycles. The molecule has 12 nitrogen and oxygen atoms in total. The summed E-state index contributed by atoms with van der Waals surface area (Å²) in [5.74, 6) is 1.91. The number of H-pyrrole nitrogens is 1. The van der Waals surface area contributed by atoms with Gasteiger partial charge in [0.15, 0.2) is 23.2 Å². The fourth-order valence-electron chi connectivity index (χ4n) is 6.68. The fraction of sp³-hybridized carbons (Fsp3) is 0.586. The molecule has 3 aromatic heterocycles. The van der Waals surface area contributed by atoms with E-state index in [4.69, 9.17) is 14.5 Å². The number of aliphatic hydroxyl groups is 1. The van der Waals surface area contributed by atoms with Gasteiger partial charge in [-0.25, -0.2) is 19.9 Å². The van der Waals surface area contributed by atoms with E-state index in [0.29, 0.717) is 29.7 Å². The number of aromatic nitrogens is 6. The van der Waals surface area contributed by atoms with E-state index in [0.717, 1.165) is 42.5 Å². The minimum Gasteiger partial charge on any atom is -0.386 e. The topological polar surface area (TPSA) is 146 Å². The molecule has 3 aliphatic rings. The number of imidazole rings is 2. The largest absolute Gasteiger partial charge is 0.386 e. The first kappa shape index (κ1) is 26.7. The third-order valence-electron chi connectivity index (χ3n) is 9.13. The Morgan fingerprint density at radius 3 is 2.76 bits per heavy atom. The standard InChI is InChI=1S/C29H38N8O4/c1-15-36(18-9-16(10-18)5-8-22-33-19-7-6-17(29(2,3)4)11-20(19)34-22)12-21-25(40-15)24(38)28(41-21)37-14-32-23-26(35-39)30-13-31-27(23)37/h6-7,11,13-16,18,21,24-25,28,38-39H,5,8-10,12H2,1-4H3,(H,33,34)(H,30,31,35)/t15?,16-,18-,21-,24-,25-,28-/m1/s1. The van der Waals surface area contributed by atoms with E-state index >= 15 is 0 Å². The Labute approximate surface area is 238 Å². The van der Waals surface area contributed by atoms with Gasteiger partial charge in [0, 0.05) is 19.0 Å². The SMILES string of the molecule is CC1O[C@H]2[C@@H](O)[C@H](n3cnc4c(NO)ncnc43)O[C@@H]2CN1[C@H]1C[C@H](CCc2nc3cc(C(C)(C)C)ccc3[nH]2)C1. The molecule has 3 fully saturated rings. The maximum atomic E-state index is 11.1. The smallest absolute Gasteiger partial charge is 0.181 e. The lowest BCUT2D eigenvalue weighted by molar-refractivity contribution is -0.199. The predicted octanol–water partition coefficient (Wildman–Crippen LogP) is 3.52. The second kappa shape index (κ2) is 9.99. The Hall–Kier alpha value is -3.16. The van der Waals surface area contributed by atoms with Gasteiger partial charge in [0.1, 0.15) is 36.7 Å². The zero-order valence-electron chi connectivity index (χ0n) is 23.9. The van der Waals surface area contributed by atoms with Crippen LogP contribution in [0.1, 0.15) is 64.6 Å². The van der Waals surface area contributed by atoms with Gasteiger partial charge >= 0.3 is 0 Å². The number of hydrogen-bond acceptors (Lipinski definition) is 10. The van der Waals surface area contributed by atoms with E-state index in [1.54, 1.807) is 10.9 Å². The molecule has 5 atom stereocenters. The van der Waals surface area contributed by atoms with Gasteiger partial charge in [0.05, 0.1) is 17.4 Å². The van der Waals surface area contributed by atoms with Crippen molar-refractivity contribution in [1.29, 1.82) is 0 Å². The van der Waals surface area contributed by atoms with Gasteiger partial charge in [-0.1, -0.05) is 26.8 Å². The minimum atomic E-state index is -0.875. The lowest BCUT2D eigenvalue weighted by Crippen LogP contribution is -2.59. The first-order valence-electron chi connectivity index (χ1n) is 14.5. The summed E-state index contributed by atoms with van der Waals surface area (Å²) in [5.41, 5.74) is 6.46. The predicted molar refractivity (Wildman–Crippen MR) is 151 cm³/mol. The summed E-state index contributed by atoms with van der Waals surface area (Å²) in [4.78, 5) is 23.3. The number of benzene rings is 1. The normalized spacial score (nSPS) is 30.5. The number of nitrogens with zero attached hydrogens (tertiary/aromatic N) is 6. The van der Waals surface area contributed by atoms with Crippen molar-refractivity contribution in [2.75, 3.05) is 12.0 Å². The van der Waals surface area contributed by atoms with Gasteiger partial charge in [-0.15, -0.1) is 0 Å². The second-order valence-corrected chi connectivity index (χ2v) is 12.8. The van der Waals surface area contributed by atoms with Gasteiger partial charge in [0.2, 0.25) is 0 Å². The number of aliphatic hydroxyl groups excluding tert-OH is 1. The van der Waals surface area contributed by atoms with Crippen molar-refractivity contribution in [1.82, 2.24) is 34.4 Å². The Bertz CT molecular complexity index is 1560. The highest BCUT2D eigenvalue weighted by Gasteiger charge is 2.52. The number of aryl methyl sites for hydroxylation is 1. The summed E-state index contributed by atoms with van der Waals surface area (Å²) in [6.45, 7) is 9.44. The average Bonchev–Trinajstić information content (AvgIpc) is 3.62. The van der Waals surface area contributed by atoms with E-state index in [2.05, 4.69) is 70.7 Å². The Morgan fingerprint density at radius 2 is 1.98 bits per heavy atom. The van der Waals surface area contributed by atoms with Crippen LogP contribution in [0.5, 0.6) is 0 Å². The van der Waals surface area contributed by atoms with Crippen LogP contribution in [0.25, 0.3) is 22.2 Å². The van der Waals surface area contributed by atoms with Crippen LogP contribution in [0, 0.1) is 5.92 Å². The van der Waals surface area contributed by atoms with Gasteiger partial charge in [-0.05, 0) is 55.2 Å². The molecule has 7 rings (SSSR count). The van der Waals surface area contributed by atoms with E-state index in [9.17, 15) is 10.3 Å². The number of hydrogen-bond donors (Lipinski definition) is 4. The summed E-state index contributed by atoms with van der Waals surface area (Å²) >= 11 is 0. The van der Waals surface area contributed by atoms with Crippen LogP contribution < -0.4 is 5.48 Å². The summed E-state index contributed by atoms with van der Waals surface area (Å²) < 4.78 is 14.3. The zero-order valence-corrected chi connectivity index (χ0v) is 23.9. The summed E-state index contributed by atoms with van der Waals surface area (Å²) in [7, 11) is 0. The highest BCUT2D eigenvalue weighted by Crippen LogP contribution is 2.42. The molecule has 4 N–H and O–H groups in total. The summed E-state index contributed by atoms with van der Waals surface area (Å²) in [6, 6.07) is 6.98. The maximum Gasteiger partial charge on any atom is 0.181 e. The van der Waals surface area contributed by atoms with Crippen LogP contribution in [-0.4, -0.2) is 81.8 Å². The molecule has 0 radical (unpaired) electrons. The molecule has 2 aliphatic heterocycles. The first-order chi connectivity index (χ1) is 19.7. The molecule has 1 unspecified atom stereocenters. The van der Waals surface area contributed by atoms with Crippen LogP contribution in [-0.2, 0) is 21.3 Å². The fourth-order valence-corrected chi connectivity index (χ4v) is 6.68. The summed E-state index contributed by atoms with van der Waals surface area (Å²) in [6.07, 6.45) is 4.77. The van der Waals surface area contributed by atoms with Crippen molar-refractivity contribution < 1.29 is 19.8 Å². The molecule has 5 heterocycles. The van der Waals surface area contributed by atoms with Crippen molar-refractivity contribution >= 4 is 28.0 Å². The van der Waals surface area contributed by atoms with Crippen molar-refractivity contribution in [2.45, 2.75) is 95.6 Å². The molecule has 4 aromatic rings.